The molecule has 0 unspecified atom stereocenters. The van der Waals surface area contributed by atoms with Gasteiger partial charge in [-0.2, -0.15) is 0 Å². The van der Waals surface area contributed by atoms with Crippen LogP contribution in [0.1, 0.15) is 11.1 Å². The number of benzene rings is 2. The molecule has 21 heavy (non-hydrogen) atoms. The molecule has 110 valence electrons. The van der Waals surface area contributed by atoms with Gasteiger partial charge in [-0.05, 0) is 29.8 Å². The quantitative estimate of drug-likeness (QED) is 0.351. The van der Waals surface area contributed by atoms with E-state index < -0.39 is 11.6 Å². The van der Waals surface area contributed by atoms with Crippen LogP contribution in [-0.4, -0.2) is 11.0 Å². The van der Waals surface area contributed by atoms with Crippen LogP contribution in [0, 0.1) is 11.6 Å². The van der Waals surface area contributed by atoms with E-state index in [-0.39, 0.29) is 28.7 Å². The molecule has 0 fully saturated rings. The van der Waals surface area contributed by atoms with Gasteiger partial charge in [0.1, 0.15) is 5.82 Å². The zero-order valence-electron chi connectivity index (χ0n) is 10.8. The average molecular weight is 312 g/mol. The summed E-state index contributed by atoms with van der Waals surface area (Å²) in [4.78, 5) is 0. The summed E-state index contributed by atoms with van der Waals surface area (Å²) in [5.74, 6) is -1.32. The largest absolute Gasteiger partial charge is 0.409 e. The smallest absolute Gasteiger partial charge is 0.170 e. The summed E-state index contributed by atoms with van der Waals surface area (Å²) in [7, 11) is 0. The predicted molar refractivity (Wildman–Crippen MR) is 77.6 cm³/mol. The topological polar surface area (TPSA) is 70.6 Å². The molecule has 0 atom stereocenters. The van der Waals surface area contributed by atoms with Crippen LogP contribution in [0.5, 0.6) is 0 Å². The SMILES string of the molecule is NC(=NO)c1cc(F)ccc1CNc1cccc(Cl)c1F. The highest BCUT2D eigenvalue weighted by molar-refractivity contribution is 6.31. The molecule has 0 saturated carbocycles. The molecule has 0 aliphatic carbocycles. The van der Waals surface area contributed by atoms with Crippen molar-refractivity contribution in [3.05, 3.63) is 64.2 Å². The molecule has 0 aromatic heterocycles. The van der Waals surface area contributed by atoms with Crippen LogP contribution in [0.3, 0.4) is 0 Å². The van der Waals surface area contributed by atoms with Gasteiger partial charge in [-0.15, -0.1) is 0 Å². The van der Waals surface area contributed by atoms with E-state index in [0.29, 0.717) is 5.56 Å². The lowest BCUT2D eigenvalue weighted by atomic mass is 10.1. The summed E-state index contributed by atoms with van der Waals surface area (Å²) in [5, 5.41) is 14.4. The van der Waals surface area contributed by atoms with Gasteiger partial charge in [-0.1, -0.05) is 28.9 Å². The Bertz CT molecular complexity index is 692. The summed E-state index contributed by atoms with van der Waals surface area (Å²) < 4.78 is 27.0. The second-order valence-corrected chi connectivity index (χ2v) is 4.65. The summed E-state index contributed by atoms with van der Waals surface area (Å²) in [5.41, 5.74) is 6.48. The van der Waals surface area contributed by atoms with Gasteiger partial charge in [-0.3, -0.25) is 0 Å². The zero-order valence-corrected chi connectivity index (χ0v) is 11.5. The molecule has 0 bridgehead atoms. The van der Waals surface area contributed by atoms with E-state index in [9.17, 15) is 8.78 Å². The van der Waals surface area contributed by atoms with E-state index in [1.807, 2.05) is 0 Å². The molecule has 0 heterocycles. The first kappa shape index (κ1) is 15.1. The third-order valence-corrected chi connectivity index (χ3v) is 3.17. The Labute approximate surface area is 124 Å². The monoisotopic (exact) mass is 311 g/mol. The number of hydrogen-bond donors (Lipinski definition) is 3. The van der Waals surface area contributed by atoms with Crippen LogP contribution in [0.15, 0.2) is 41.6 Å². The van der Waals surface area contributed by atoms with E-state index in [4.69, 9.17) is 22.5 Å². The first-order valence-electron chi connectivity index (χ1n) is 5.97. The van der Waals surface area contributed by atoms with Crippen LogP contribution in [0.4, 0.5) is 14.5 Å². The Balaban J connectivity index is 2.26. The van der Waals surface area contributed by atoms with E-state index in [1.165, 1.54) is 24.3 Å². The van der Waals surface area contributed by atoms with E-state index >= 15 is 0 Å². The highest BCUT2D eigenvalue weighted by atomic mass is 35.5. The molecule has 0 aliphatic heterocycles. The molecule has 0 aliphatic rings. The van der Waals surface area contributed by atoms with Crippen molar-refractivity contribution >= 4 is 23.1 Å². The maximum Gasteiger partial charge on any atom is 0.170 e. The van der Waals surface area contributed by atoms with Crippen molar-refractivity contribution in [1.82, 2.24) is 0 Å². The van der Waals surface area contributed by atoms with Crippen LogP contribution in [0.2, 0.25) is 5.02 Å². The summed E-state index contributed by atoms with van der Waals surface area (Å²) in [6.07, 6.45) is 0. The molecule has 7 heteroatoms. The molecule has 0 amide bonds. The second-order valence-electron chi connectivity index (χ2n) is 4.24. The number of nitrogens with one attached hydrogen (secondary N) is 1. The third-order valence-electron chi connectivity index (χ3n) is 2.88. The normalized spacial score (nSPS) is 11.5. The van der Waals surface area contributed by atoms with Crippen molar-refractivity contribution in [3.8, 4) is 0 Å². The molecule has 0 radical (unpaired) electrons. The predicted octanol–water partition coefficient (Wildman–Crippen LogP) is 3.32. The Morgan fingerprint density at radius 3 is 2.76 bits per heavy atom. The number of nitrogens with two attached hydrogens (primary N) is 1. The van der Waals surface area contributed by atoms with Gasteiger partial charge in [-0.25, -0.2) is 8.78 Å². The van der Waals surface area contributed by atoms with Crippen LogP contribution >= 0.6 is 11.6 Å². The van der Waals surface area contributed by atoms with Gasteiger partial charge in [0, 0.05) is 12.1 Å². The summed E-state index contributed by atoms with van der Waals surface area (Å²) in [6.45, 7) is 0.156. The fraction of sp³-hybridized carbons (Fsp3) is 0.0714. The molecule has 0 spiro atoms. The van der Waals surface area contributed by atoms with E-state index in [1.54, 1.807) is 6.07 Å². The minimum absolute atomic E-state index is 0.00392. The van der Waals surface area contributed by atoms with Crippen LogP contribution < -0.4 is 11.1 Å². The molecule has 2 aromatic carbocycles. The highest BCUT2D eigenvalue weighted by Crippen LogP contribution is 2.23. The molecule has 4 nitrogen and oxygen atoms in total. The van der Waals surface area contributed by atoms with Crippen molar-refractivity contribution in [2.45, 2.75) is 6.54 Å². The Hall–Kier alpha value is -2.34. The lowest BCUT2D eigenvalue weighted by Gasteiger charge is -2.12. The first-order valence-corrected chi connectivity index (χ1v) is 6.35. The lowest BCUT2D eigenvalue weighted by Crippen LogP contribution is -2.17. The van der Waals surface area contributed by atoms with E-state index in [0.717, 1.165) is 6.07 Å². The second kappa shape index (κ2) is 6.41. The van der Waals surface area contributed by atoms with Crippen LogP contribution in [-0.2, 0) is 6.54 Å². The summed E-state index contributed by atoms with van der Waals surface area (Å²) in [6, 6.07) is 8.40. The molecule has 0 saturated heterocycles. The molecule has 4 N–H and O–H groups in total. The standard InChI is InChI=1S/C14H12ClF2N3O/c15-11-2-1-3-12(13(11)17)19-7-8-4-5-9(16)6-10(8)14(18)20-21/h1-6,19,21H,7H2,(H2,18,20). The number of oxime groups is 1. The minimum Gasteiger partial charge on any atom is -0.409 e. The van der Waals surface area contributed by atoms with Gasteiger partial charge in [0.15, 0.2) is 11.7 Å². The fourth-order valence-electron chi connectivity index (χ4n) is 1.83. The molecular formula is C14H12ClF2N3O. The number of halogens is 3. The average Bonchev–Trinajstić information content (AvgIpc) is 2.49. The zero-order chi connectivity index (χ0) is 15.4. The van der Waals surface area contributed by atoms with Gasteiger partial charge < -0.3 is 16.3 Å². The highest BCUT2D eigenvalue weighted by Gasteiger charge is 2.10. The van der Waals surface area contributed by atoms with Crippen molar-refractivity contribution in [1.29, 1.82) is 0 Å². The van der Waals surface area contributed by atoms with Gasteiger partial charge in [0.2, 0.25) is 0 Å². The van der Waals surface area contributed by atoms with Crippen molar-refractivity contribution in [2.75, 3.05) is 5.32 Å². The Morgan fingerprint density at radius 2 is 2.05 bits per heavy atom. The summed E-state index contributed by atoms with van der Waals surface area (Å²) >= 11 is 5.68. The van der Waals surface area contributed by atoms with Gasteiger partial charge in [0.25, 0.3) is 0 Å². The first-order chi connectivity index (χ1) is 10.0. The maximum atomic E-state index is 13.8. The van der Waals surface area contributed by atoms with E-state index in [2.05, 4.69) is 10.5 Å². The Kier molecular flexibility index (Phi) is 4.59. The number of amidine groups is 1. The van der Waals surface area contributed by atoms with Crippen molar-refractivity contribution < 1.29 is 14.0 Å². The van der Waals surface area contributed by atoms with Gasteiger partial charge in [0.05, 0.1) is 10.7 Å². The van der Waals surface area contributed by atoms with Crippen LogP contribution in [0.25, 0.3) is 0 Å². The molecule has 2 rings (SSSR count). The number of hydrogen-bond acceptors (Lipinski definition) is 3. The maximum absolute atomic E-state index is 13.8. The number of anilines is 1. The van der Waals surface area contributed by atoms with Gasteiger partial charge >= 0.3 is 0 Å². The number of nitrogens with zero attached hydrogens (tertiary/aromatic N) is 1. The molecular weight excluding hydrogens is 300 g/mol. The van der Waals surface area contributed by atoms with Crippen molar-refractivity contribution in [2.24, 2.45) is 10.9 Å². The molecule has 2 aromatic rings. The Morgan fingerprint density at radius 1 is 1.29 bits per heavy atom. The minimum atomic E-state index is -0.577. The third kappa shape index (κ3) is 3.41. The fourth-order valence-corrected chi connectivity index (χ4v) is 2.00. The van der Waals surface area contributed by atoms with Crippen molar-refractivity contribution in [3.63, 3.8) is 0 Å². The lowest BCUT2D eigenvalue weighted by molar-refractivity contribution is 0.318. The number of rotatable bonds is 4.